The van der Waals surface area contributed by atoms with Gasteiger partial charge in [-0.2, -0.15) is 0 Å². The van der Waals surface area contributed by atoms with Gasteiger partial charge in [0.15, 0.2) is 5.78 Å². The van der Waals surface area contributed by atoms with Crippen molar-refractivity contribution in [2.75, 3.05) is 17.6 Å². The molecule has 1 aromatic heterocycles. The number of carbonyl (C=O) groups is 1. The molecule has 0 bridgehead atoms. The second-order valence-corrected chi connectivity index (χ2v) is 7.21. The number of carbonyl (C=O) groups excluding carboxylic acids is 1. The van der Waals surface area contributed by atoms with E-state index in [1.165, 1.54) is 12.5 Å². The molecule has 1 aliphatic heterocycles. The van der Waals surface area contributed by atoms with Crippen molar-refractivity contribution in [2.24, 2.45) is 5.92 Å². The summed E-state index contributed by atoms with van der Waals surface area (Å²) in [4.78, 5) is 16.2. The van der Waals surface area contributed by atoms with E-state index in [1.807, 2.05) is 6.07 Å². The molecule has 1 fully saturated rings. The number of nitrogens with two attached hydrogens (primary N) is 1. The summed E-state index contributed by atoms with van der Waals surface area (Å²) < 4.78 is 14.8. The van der Waals surface area contributed by atoms with E-state index < -0.39 is 5.82 Å². The van der Waals surface area contributed by atoms with Crippen molar-refractivity contribution < 1.29 is 9.18 Å². The molecule has 0 atom stereocenters. The van der Waals surface area contributed by atoms with Gasteiger partial charge in [0.05, 0.1) is 5.56 Å². The molecule has 1 aliphatic carbocycles. The number of aromatic nitrogens is 1. The maximum Gasteiger partial charge on any atom is 0.164 e. The molecule has 5 heteroatoms. The number of halogens is 1. The monoisotopic (exact) mass is 325 g/mol. The quantitative estimate of drug-likeness (QED) is 0.651. The normalized spacial score (nSPS) is 24.4. The molecule has 1 aromatic carbocycles. The second kappa shape index (κ2) is 5.03. The lowest BCUT2D eigenvalue weighted by Gasteiger charge is -2.43. The Morgan fingerprint density at radius 1 is 1.42 bits per heavy atom. The minimum atomic E-state index is -0.564. The van der Waals surface area contributed by atoms with Gasteiger partial charge in [0.2, 0.25) is 0 Å². The van der Waals surface area contributed by atoms with E-state index in [1.54, 1.807) is 18.3 Å². The van der Waals surface area contributed by atoms with Gasteiger partial charge in [0, 0.05) is 40.5 Å². The fourth-order valence-corrected chi connectivity index (χ4v) is 4.32. The molecule has 3 N–H and O–H groups in total. The van der Waals surface area contributed by atoms with Crippen molar-refractivity contribution >= 4 is 17.3 Å². The summed E-state index contributed by atoms with van der Waals surface area (Å²) in [6, 6.07) is 5.23. The highest BCUT2D eigenvalue weighted by Gasteiger charge is 2.48. The maximum absolute atomic E-state index is 14.8. The highest BCUT2D eigenvalue weighted by Crippen LogP contribution is 2.53. The molecular formula is C19H20FN3O. The number of ketones is 1. The van der Waals surface area contributed by atoms with Gasteiger partial charge in [0.1, 0.15) is 11.6 Å². The first kappa shape index (κ1) is 15.1. The number of fused-ring (bicyclic) bond motifs is 2. The highest BCUT2D eigenvalue weighted by molar-refractivity contribution is 6.00. The van der Waals surface area contributed by atoms with Gasteiger partial charge in [0.25, 0.3) is 0 Å². The van der Waals surface area contributed by atoms with Crippen molar-refractivity contribution in [1.82, 2.24) is 4.98 Å². The summed E-state index contributed by atoms with van der Waals surface area (Å²) in [6.07, 6.45) is 3.91. The van der Waals surface area contributed by atoms with E-state index in [4.69, 9.17) is 5.73 Å². The largest absolute Gasteiger partial charge is 0.398 e. The molecule has 2 heterocycles. The van der Waals surface area contributed by atoms with Crippen molar-refractivity contribution in [3.63, 3.8) is 0 Å². The molecule has 1 spiro atoms. The number of nitrogens with zero attached hydrogens (tertiary/aromatic N) is 1. The van der Waals surface area contributed by atoms with Gasteiger partial charge < -0.3 is 11.1 Å². The molecular weight excluding hydrogens is 305 g/mol. The van der Waals surface area contributed by atoms with Crippen molar-refractivity contribution in [3.05, 3.63) is 41.3 Å². The van der Waals surface area contributed by atoms with Crippen LogP contribution in [0, 0.1) is 11.7 Å². The van der Waals surface area contributed by atoms with Crippen LogP contribution in [-0.4, -0.2) is 17.3 Å². The predicted molar refractivity (Wildman–Crippen MR) is 92.6 cm³/mol. The van der Waals surface area contributed by atoms with Gasteiger partial charge in [-0.05, 0) is 43.9 Å². The van der Waals surface area contributed by atoms with E-state index in [2.05, 4.69) is 17.2 Å². The molecule has 2 aromatic rings. The van der Waals surface area contributed by atoms with E-state index in [-0.39, 0.29) is 22.4 Å². The lowest BCUT2D eigenvalue weighted by Crippen LogP contribution is -2.41. The number of Topliss-reactive ketones (excluding diaryl/α,β-unsaturated/α-hetero) is 1. The highest BCUT2D eigenvalue weighted by atomic mass is 19.1. The average Bonchev–Trinajstić information content (AvgIpc) is 2.86. The third-order valence-electron chi connectivity index (χ3n) is 5.37. The van der Waals surface area contributed by atoms with Crippen LogP contribution in [0.25, 0.3) is 11.1 Å². The summed E-state index contributed by atoms with van der Waals surface area (Å²) in [5.74, 6) is 0.672. The van der Waals surface area contributed by atoms with E-state index in [0.717, 1.165) is 25.2 Å². The topological polar surface area (TPSA) is 68.0 Å². The van der Waals surface area contributed by atoms with Crippen LogP contribution in [0.2, 0.25) is 0 Å². The lowest BCUT2D eigenvalue weighted by molar-refractivity contribution is 0.101. The SMILES string of the molecule is CC(=O)c1c(N)ccc(-c2cnc3c(c2)C2(CN3)CC(C)C2)c1F. The van der Waals surface area contributed by atoms with Crippen molar-refractivity contribution in [3.8, 4) is 11.1 Å². The first-order valence-electron chi connectivity index (χ1n) is 8.25. The lowest BCUT2D eigenvalue weighted by atomic mass is 9.60. The summed E-state index contributed by atoms with van der Waals surface area (Å²) >= 11 is 0. The van der Waals surface area contributed by atoms with Crippen LogP contribution in [0.5, 0.6) is 0 Å². The third-order valence-corrected chi connectivity index (χ3v) is 5.37. The predicted octanol–water partition coefficient (Wildman–Crippen LogP) is 3.77. The molecule has 2 aliphatic rings. The maximum atomic E-state index is 14.8. The number of anilines is 2. The fraction of sp³-hybridized carbons (Fsp3) is 0.368. The van der Waals surface area contributed by atoms with Crippen LogP contribution >= 0.6 is 0 Å². The Balaban J connectivity index is 1.83. The summed E-state index contributed by atoms with van der Waals surface area (Å²) in [5, 5.41) is 3.37. The van der Waals surface area contributed by atoms with E-state index in [9.17, 15) is 9.18 Å². The van der Waals surface area contributed by atoms with E-state index in [0.29, 0.717) is 17.0 Å². The minimum Gasteiger partial charge on any atom is -0.398 e. The Morgan fingerprint density at radius 2 is 2.17 bits per heavy atom. The molecule has 1 saturated carbocycles. The zero-order chi connectivity index (χ0) is 17.1. The van der Waals surface area contributed by atoms with Crippen LogP contribution in [0.4, 0.5) is 15.9 Å². The van der Waals surface area contributed by atoms with Gasteiger partial charge >= 0.3 is 0 Å². The Kier molecular flexibility index (Phi) is 3.17. The van der Waals surface area contributed by atoms with Crippen LogP contribution in [0.1, 0.15) is 42.6 Å². The van der Waals surface area contributed by atoms with Gasteiger partial charge in [-0.1, -0.05) is 6.92 Å². The molecule has 0 saturated heterocycles. The van der Waals surface area contributed by atoms with Crippen LogP contribution in [0.15, 0.2) is 24.4 Å². The van der Waals surface area contributed by atoms with E-state index >= 15 is 0 Å². The summed E-state index contributed by atoms with van der Waals surface area (Å²) in [7, 11) is 0. The molecule has 0 radical (unpaired) electrons. The fourth-order valence-electron chi connectivity index (χ4n) is 4.32. The van der Waals surface area contributed by atoms with Gasteiger partial charge in [-0.3, -0.25) is 4.79 Å². The van der Waals surface area contributed by atoms with Crippen molar-refractivity contribution in [2.45, 2.75) is 32.1 Å². The number of rotatable bonds is 2. The molecule has 4 nitrogen and oxygen atoms in total. The zero-order valence-electron chi connectivity index (χ0n) is 13.8. The smallest absolute Gasteiger partial charge is 0.164 e. The van der Waals surface area contributed by atoms with Crippen LogP contribution in [0.3, 0.4) is 0 Å². The Labute approximate surface area is 140 Å². The first-order valence-corrected chi connectivity index (χ1v) is 8.25. The second-order valence-electron chi connectivity index (χ2n) is 7.21. The summed E-state index contributed by atoms with van der Waals surface area (Å²) in [6.45, 7) is 4.47. The number of hydrogen-bond donors (Lipinski definition) is 2. The minimum absolute atomic E-state index is 0.0434. The molecule has 4 rings (SSSR count). The number of nitrogens with one attached hydrogen (secondary N) is 1. The Bertz CT molecular complexity index is 850. The van der Waals surface area contributed by atoms with Crippen molar-refractivity contribution in [1.29, 1.82) is 0 Å². The Morgan fingerprint density at radius 3 is 2.83 bits per heavy atom. The van der Waals surface area contributed by atoms with Gasteiger partial charge in [-0.15, -0.1) is 0 Å². The zero-order valence-corrected chi connectivity index (χ0v) is 13.8. The number of nitrogen functional groups attached to an aromatic ring is 1. The van der Waals surface area contributed by atoms with Gasteiger partial charge in [-0.25, -0.2) is 9.37 Å². The molecule has 124 valence electrons. The molecule has 0 unspecified atom stereocenters. The number of benzene rings is 1. The number of hydrogen-bond acceptors (Lipinski definition) is 4. The number of pyridine rings is 1. The van der Waals surface area contributed by atoms with Crippen LogP contribution in [-0.2, 0) is 5.41 Å². The third kappa shape index (κ3) is 2.04. The average molecular weight is 325 g/mol. The molecule has 0 amide bonds. The first-order chi connectivity index (χ1) is 11.4. The molecule has 24 heavy (non-hydrogen) atoms. The summed E-state index contributed by atoms with van der Waals surface area (Å²) in [5.41, 5.74) is 8.25. The van der Waals surface area contributed by atoms with Crippen LogP contribution < -0.4 is 11.1 Å². The Hall–Kier alpha value is -2.43. The standard InChI is InChI=1S/C19H20FN3O/c1-10-6-19(7-10)9-23-18-14(19)5-12(8-22-18)13-3-4-15(21)16(11(2)24)17(13)20/h3-5,8,10H,6-7,9,21H2,1-2H3,(H,22,23).